The monoisotopic (exact) mass is 184 g/mol. The lowest BCUT2D eigenvalue weighted by molar-refractivity contribution is -0.109. The van der Waals surface area contributed by atoms with Crippen molar-refractivity contribution < 1.29 is 4.84 Å². The van der Waals surface area contributed by atoms with Gasteiger partial charge >= 0.3 is 0 Å². The van der Waals surface area contributed by atoms with Crippen LogP contribution in [-0.2, 0) is 4.84 Å². The number of rotatable bonds is 4. The van der Waals surface area contributed by atoms with Crippen LogP contribution in [0, 0.1) is 5.92 Å². The maximum Gasteiger partial charge on any atom is 0.0945 e. The summed E-state index contributed by atoms with van der Waals surface area (Å²) in [5, 5.41) is 4.14. The number of hydrazone groups is 1. The molecule has 0 heterocycles. The Balaban J connectivity index is 2.24. The van der Waals surface area contributed by atoms with E-state index in [1.807, 2.05) is 0 Å². The van der Waals surface area contributed by atoms with Crippen molar-refractivity contribution in [2.75, 3.05) is 0 Å². The predicted octanol–water partition coefficient (Wildman–Crippen LogP) is 2.48. The van der Waals surface area contributed by atoms with Crippen LogP contribution in [0.25, 0.3) is 0 Å². The summed E-state index contributed by atoms with van der Waals surface area (Å²) < 4.78 is 0. The van der Waals surface area contributed by atoms with Crippen molar-refractivity contribution in [1.82, 2.24) is 5.59 Å². The van der Waals surface area contributed by atoms with E-state index in [9.17, 15) is 0 Å². The van der Waals surface area contributed by atoms with E-state index >= 15 is 0 Å². The normalized spacial score (nSPS) is 17.2. The largest absolute Gasteiger partial charge is 0.253 e. The molecule has 0 aromatic heterocycles. The summed E-state index contributed by atoms with van der Waals surface area (Å²) >= 11 is 0. The number of hydrogen-bond acceptors (Lipinski definition) is 3. The Hall–Kier alpha value is -0.570. The summed E-state index contributed by atoms with van der Waals surface area (Å²) in [6.07, 6.45) is 3.52. The van der Waals surface area contributed by atoms with Gasteiger partial charge in [0.1, 0.15) is 0 Å². The molecular formula is C10H20N2O. The Morgan fingerprint density at radius 3 is 2.38 bits per heavy atom. The molecule has 3 nitrogen and oxygen atoms in total. The zero-order valence-electron chi connectivity index (χ0n) is 9.05. The Labute approximate surface area is 80.5 Å². The Morgan fingerprint density at radius 2 is 2.00 bits per heavy atom. The first-order valence-electron chi connectivity index (χ1n) is 5.01. The van der Waals surface area contributed by atoms with Crippen molar-refractivity contribution in [2.45, 2.75) is 52.6 Å². The third-order valence-corrected chi connectivity index (χ3v) is 2.83. The van der Waals surface area contributed by atoms with E-state index in [0.29, 0.717) is 5.92 Å². The van der Waals surface area contributed by atoms with Gasteiger partial charge in [-0.15, -0.1) is 0 Å². The molecule has 1 aliphatic rings. The molecule has 0 amide bonds. The van der Waals surface area contributed by atoms with Crippen LogP contribution < -0.4 is 5.59 Å². The highest BCUT2D eigenvalue weighted by Gasteiger charge is 2.23. The highest BCUT2D eigenvalue weighted by Crippen LogP contribution is 2.19. The number of hydrogen-bond donors (Lipinski definition) is 1. The molecule has 1 fully saturated rings. The van der Waals surface area contributed by atoms with Gasteiger partial charge in [0, 0.05) is 5.71 Å². The summed E-state index contributed by atoms with van der Waals surface area (Å²) in [6.45, 7) is 8.40. The topological polar surface area (TPSA) is 33.6 Å². The first-order chi connectivity index (χ1) is 6.02. The van der Waals surface area contributed by atoms with Crippen molar-refractivity contribution in [3.63, 3.8) is 0 Å². The van der Waals surface area contributed by atoms with Crippen LogP contribution in [0.4, 0.5) is 0 Å². The molecule has 1 rings (SSSR count). The lowest BCUT2D eigenvalue weighted by Gasteiger charge is -2.28. The van der Waals surface area contributed by atoms with Gasteiger partial charge in [0.25, 0.3) is 0 Å². The third-order valence-electron chi connectivity index (χ3n) is 2.83. The molecule has 0 aliphatic heterocycles. The lowest BCUT2D eigenvalue weighted by Crippen LogP contribution is -2.35. The lowest BCUT2D eigenvalue weighted by atomic mass is 9.95. The molecule has 0 aromatic carbocycles. The van der Waals surface area contributed by atoms with Crippen molar-refractivity contribution in [1.29, 1.82) is 0 Å². The molecule has 0 aromatic rings. The fraction of sp³-hybridized carbons (Fsp3) is 0.900. The Kier molecular flexibility index (Phi) is 3.31. The molecule has 0 saturated heterocycles. The van der Waals surface area contributed by atoms with E-state index in [4.69, 9.17) is 4.84 Å². The van der Waals surface area contributed by atoms with Crippen molar-refractivity contribution in [2.24, 2.45) is 11.0 Å². The second-order valence-electron chi connectivity index (χ2n) is 4.48. The molecule has 1 N–H and O–H groups in total. The van der Waals surface area contributed by atoms with E-state index in [-0.39, 0.29) is 5.60 Å². The van der Waals surface area contributed by atoms with E-state index in [1.165, 1.54) is 12.1 Å². The average molecular weight is 184 g/mol. The Morgan fingerprint density at radius 1 is 1.38 bits per heavy atom. The molecule has 0 unspecified atom stereocenters. The van der Waals surface area contributed by atoms with Crippen molar-refractivity contribution >= 4 is 5.71 Å². The molecule has 0 radical (unpaired) electrons. The molecule has 0 spiro atoms. The molecule has 76 valence electrons. The summed E-state index contributed by atoms with van der Waals surface area (Å²) in [5.74, 6) is 0.474. The average Bonchev–Trinajstić information content (AvgIpc) is 1.94. The van der Waals surface area contributed by atoms with Crippen LogP contribution in [0.15, 0.2) is 5.10 Å². The third kappa shape index (κ3) is 2.99. The van der Waals surface area contributed by atoms with Crippen LogP contribution in [0.3, 0.4) is 0 Å². The summed E-state index contributed by atoms with van der Waals surface area (Å²) in [7, 11) is 0. The second kappa shape index (κ2) is 4.09. The summed E-state index contributed by atoms with van der Waals surface area (Å²) in [6, 6.07) is 0. The van der Waals surface area contributed by atoms with E-state index in [1.54, 1.807) is 0 Å². The van der Waals surface area contributed by atoms with Gasteiger partial charge < -0.3 is 0 Å². The van der Waals surface area contributed by atoms with Crippen molar-refractivity contribution in [3.05, 3.63) is 0 Å². The Bertz CT molecular complexity index is 191. The van der Waals surface area contributed by atoms with Gasteiger partial charge in [0.05, 0.1) is 5.60 Å². The first kappa shape index (κ1) is 10.5. The molecular weight excluding hydrogens is 164 g/mol. The SMILES string of the molecule is CC(C)C(C)(C)ONN=C1CCC1. The molecule has 0 atom stereocenters. The molecule has 13 heavy (non-hydrogen) atoms. The molecule has 0 bridgehead atoms. The quantitative estimate of drug-likeness (QED) is 0.681. The van der Waals surface area contributed by atoms with Crippen LogP contribution in [0.2, 0.25) is 0 Å². The maximum absolute atomic E-state index is 5.46. The fourth-order valence-corrected chi connectivity index (χ4v) is 0.770. The number of nitrogens with one attached hydrogen (secondary N) is 1. The van der Waals surface area contributed by atoms with Gasteiger partial charge in [-0.2, -0.15) is 10.7 Å². The minimum Gasteiger partial charge on any atom is -0.253 e. The van der Waals surface area contributed by atoms with Crippen LogP contribution in [0.5, 0.6) is 0 Å². The van der Waals surface area contributed by atoms with Crippen molar-refractivity contribution in [3.8, 4) is 0 Å². The van der Waals surface area contributed by atoms with Gasteiger partial charge in [-0.3, -0.25) is 4.84 Å². The highest BCUT2D eigenvalue weighted by molar-refractivity contribution is 5.88. The van der Waals surface area contributed by atoms with Crippen LogP contribution in [-0.4, -0.2) is 11.3 Å². The summed E-state index contributed by atoms with van der Waals surface area (Å²) in [4.78, 5) is 5.46. The second-order valence-corrected chi connectivity index (χ2v) is 4.48. The summed E-state index contributed by atoms with van der Waals surface area (Å²) in [5.41, 5.74) is 3.76. The van der Waals surface area contributed by atoms with E-state index < -0.39 is 0 Å². The highest BCUT2D eigenvalue weighted by atomic mass is 16.7. The predicted molar refractivity (Wildman–Crippen MR) is 54.4 cm³/mol. The number of nitrogens with zero attached hydrogens (tertiary/aromatic N) is 1. The van der Waals surface area contributed by atoms with Crippen LogP contribution >= 0.6 is 0 Å². The molecule has 1 saturated carbocycles. The standard InChI is InChI=1S/C10H20N2O/c1-8(2)10(3,4)13-12-11-9-6-5-7-9/h8,12H,5-7H2,1-4H3. The zero-order chi connectivity index (χ0) is 9.90. The van der Waals surface area contributed by atoms with Gasteiger partial charge in [0.15, 0.2) is 0 Å². The van der Waals surface area contributed by atoms with Gasteiger partial charge in [0.2, 0.25) is 0 Å². The van der Waals surface area contributed by atoms with E-state index in [0.717, 1.165) is 12.8 Å². The minimum atomic E-state index is -0.159. The molecule has 3 heteroatoms. The van der Waals surface area contributed by atoms with Gasteiger partial charge in [-0.1, -0.05) is 13.8 Å². The fourth-order valence-electron chi connectivity index (χ4n) is 0.770. The van der Waals surface area contributed by atoms with Gasteiger partial charge in [-0.25, -0.2) is 0 Å². The smallest absolute Gasteiger partial charge is 0.0945 e. The maximum atomic E-state index is 5.46. The molecule has 1 aliphatic carbocycles. The first-order valence-corrected chi connectivity index (χ1v) is 5.01. The zero-order valence-corrected chi connectivity index (χ0v) is 9.05. The van der Waals surface area contributed by atoms with Gasteiger partial charge in [-0.05, 0) is 39.0 Å². The minimum absolute atomic E-state index is 0.159. The van der Waals surface area contributed by atoms with E-state index in [2.05, 4.69) is 38.4 Å². The van der Waals surface area contributed by atoms with Crippen LogP contribution in [0.1, 0.15) is 47.0 Å².